The smallest absolute Gasteiger partial charge is 0.0273 e. The normalized spacial score (nSPS) is 10.6. The van der Waals surface area contributed by atoms with E-state index in [4.69, 9.17) is 0 Å². The van der Waals surface area contributed by atoms with Crippen molar-refractivity contribution < 1.29 is 0 Å². The summed E-state index contributed by atoms with van der Waals surface area (Å²) in [5.41, 5.74) is 0. The van der Waals surface area contributed by atoms with E-state index in [1.54, 1.807) is 17.8 Å². The fraction of sp³-hybridized carbons (Fsp3) is 0.750. The molecule has 0 rings (SSSR count). The SMILES string of the molecule is C/N=C/CCSS. The highest BCUT2D eigenvalue weighted by Gasteiger charge is 1.75. The van der Waals surface area contributed by atoms with Gasteiger partial charge in [0, 0.05) is 12.8 Å². The van der Waals surface area contributed by atoms with Crippen molar-refractivity contribution in [2.24, 2.45) is 4.99 Å². The minimum atomic E-state index is 1.03. The Morgan fingerprint density at radius 2 is 2.57 bits per heavy atom. The molecule has 0 N–H and O–H groups in total. The zero-order valence-corrected chi connectivity index (χ0v) is 6.01. The van der Waals surface area contributed by atoms with Crippen LogP contribution in [-0.4, -0.2) is 19.0 Å². The van der Waals surface area contributed by atoms with Crippen molar-refractivity contribution in [2.75, 3.05) is 12.8 Å². The molecule has 0 amide bonds. The molecule has 0 unspecified atom stereocenters. The number of hydrogen-bond donors (Lipinski definition) is 1. The van der Waals surface area contributed by atoms with E-state index < -0.39 is 0 Å². The summed E-state index contributed by atoms with van der Waals surface area (Å²) in [7, 11) is 3.33. The molecule has 7 heavy (non-hydrogen) atoms. The maximum atomic E-state index is 3.95. The summed E-state index contributed by atoms with van der Waals surface area (Å²) in [6.45, 7) is 0. The molecule has 0 aromatic heterocycles. The third kappa shape index (κ3) is 6.37. The maximum absolute atomic E-state index is 3.95. The molecule has 0 aromatic carbocycles. The fourth-order valence-electron chi connectivity index (χ4n) is 0.235. The van der Waals surface area contributed by atoms with Gasteiger partial charge in [0.2, 0.25) is 0 Å². The molecular weight excluding hydrogens is 126 g/mol. The number of thiol groups is 1. The summed E-state index contributed by atoms with van der Waals surface area (Å²) < 4.78 is 0. The van der Waals surface area contributed by atoms with Gasteiger partial charge in [-0.2, -0.15) is 0 Å². The highest BCUT2D eigenvalue weighted by Crippen LogP contribution is 2.03. The van der Waals surface area contributed by atoms with Crippen LogP contribution < -0.4 is 0 Å². The van der Waals surface area contributed by atoms with Gasteiger partial charge in [-0.3, -0.25) is 0 Å². The Kier molecular flexibility index (Phi) is 6.71. The van der Waals surface area contributed by atoms with Gasteiger partial charge in [-0.05, 0) is 12.6 Å². The van der Waals surface area contributed by atoms with Crippen LogP contribution in [0.4, 0.5) is 0 Å². The van der Waals surface area contributed by atoms with Gasteiger partial charge in [0.15, 0.2) is 0 Å². The molecule has 0 aliphatic rings. The highest BCUT2D eigenvalue weighted by atomic mass is 33.1. The lowest BCUT2D eigenvalue weighted by molar-refractivity contribution is 1.32. The molecule has 0 saturated carbocycles. The van der Waals surface area contributed by atoms with Crippen LogP contribution in [-0.2, 0) is 0 Å². The molecule has 0 radical (unpaired) electrons. The van der Waals surface area contributed by atoms with E-state index in [2.05, 4.69) is 16.7 Å². The molecule has 1 nitrogen and oxygen atoms in total. The maximum Gasteiger partial charge on any atom is 0.0273 e. The lowest BCUT2D eigenvalue weighted by atomic mass is 10.5. The van der Waals surface area contributed by atoms with Gasteiger partial charge in [-0.25, -0.2) is 0 Å². The zero-order chi connectivity index (χ0) is 5.54. The first-order valence-electron chi connectivity index (χ1n) is 2.08. The van der Waals surface area contributed by atoms with E-state index >= 15 is 0 Å². The summed E-state index contributed by atoms with van der Waals surface area (Å²) >= 11 is 3.95. The van der Waals surface area contributed by atoms with E-state index in [0.717, 1.165) is 12.2 Å². The Bertz CT molecular complexity index is 53.7. The second-order valence-corrected chi connectivity index (χ2v) is 2.50. The third-order valence-electron chi connectivity index (χ3n) is 0.521. The quantitative estimate of drug-likeness (QED) is 0.269. The van der Waals surface area contributed by atoms with E-state index in [1.807, 2.05) is 6.21 Å². The molecule has 0 saturated heterocycles. The van der Waals surface area contributed by atoms with Crippen LogP contribution in [0.15, 0.2) is 4.99 Å². The Hall–Kier alpha value is 0.370. The predicted molar refractivity (Wildman–Crippen MR) is 40.5 cm³/mol. The molecule has 0 atom stereocenters. The average molecular weight is 135 g/mol. The highest BCUT2D eigenvalue weighted by molar-refractivity contribution is 8.68. The second kappa shape index (κ2) is 6.37. The molecule has 0 heterocycles. The minimum absolute atomic E-state index is 1.03. The van der Waals surface area contributed by atoms with Gasteiger partial charge in [0.05, 0.1) is 0 Å². The molecule has 0 aliphatic heterocycles. The predicted octanol–water partition coefficient (Wildman–Crippen LogP) is 1.66. The van der Waals surface area contributed by atoms with Crippen molar-refractivity contribution in [2.45, 2.75) is 6.42 Å². The van der Waals surface area contributed by atoms with Crippen molar-refractivity contribution in [1.82, 2.24) is 0 Å². The molecule has 0 fully saturated rings. The topological polar surface area (TPSA) is 12.4 Å². The van der Waals surface area contributed by atoms with Crippen LogP contribution in [0.1, 0.15) is 6.42 Å². The van der Waals surface area contributed by atoms with Crippen molar-refractivity contribution in [1.29, 1.82) is 0 Å². The van der Waals surface area contributed by atoms with Gasteiger partial charge in [0.25, 0.3) is 0 Å². The molecule has 42 valence electrons. The summed E-state index contributed by atoms with van der Waals surface area (Å²) in [6.07, 6.45) is 2.92. The van der Waals surface area contributed by atoms with Crippen LogP contribution in [0, 0.1) is 0 Å². The van der Waals surface area contributed by atoms with Crippen LogP contribution in [0.5, 0.6) is 0 Å². The lowest BCUT2D eigenvalue weighted by Gasteiger charge is -1.82. The molecule has 0 aliphatic carbocycles. The zero-order valence-electron chi connectivity index (χ0n) is 4.29. The Morgan fingerprint density at radius 1 is 1.86 bits per heavy atom. The standard InChI is InChI=1S/C4H9NS2/c1-5-3-2-4-7-6/h3,6H,2,4H2,1H3/b5-3+. The van der Waals surface area contributed by atoms with Crippen molar-refractivity contribution in [3.63, 3.8) is 0 Å². The van der Waals surface area contributed by atoms with Crippen LogP contribution >= 0.6 is 22.5 Å². The molecule has 0 spiro atoms. The Balaban J connectivity index is 2.69. The average Bonchev–Trinajstić information content (AvgIpc) is 1.69. The van der Waals surface area contributed by atoms with E-state index in [0.29, 0.717) is 0 Å². The van der Waals surface area contributed by atoms with Gasteiger partial charge in [-0.1, -0.05) is 10.8 Å². The lowest BCUT2D eigenvalue weighted by Crippen LogP contribution is -1.75. The van der Waals surface area contributed by atoms with Gasteiger partial charge in [0.1, 0.15) is 0 Å². The van der Waals surface area contributed by atoms with Crippen molar-refractivity contribution in [3.8, 4) is 0 Å². The second-order valence-electron chi connectivity index (χ2n) is 1.06. The van der Waals surface area contributed by atoms with Crippen LogP contribution in [0.3, 0.4) is 0 Å². The first kappa shape index (κ1) is 7.37. The molecule has 3 heteroatoms. The molecule has 0 bridgehead atoms. The van der Waals surface area contributed by atoms with E-state index in [1.165, 1.54) is 0 Å². The Labute approximate surface area is 53.4 Å². The summed E-state index contributed by atoms with van der Waals surface area (Å²) in [6, 6.07) is 0. The number of aliphatic imine (C=N–C) groups is 1. The van der Waals surface area contributed by atoms with Crippen molar-refractivity contribution >= 4 is 28.7 Å². The summed E-state index contributed by atoms with van der Waals surface area (Å²) in [5.74, 6) is 1.06. The number of nitrogens with zero attached hydrogens (tertiary/aromatic N) is 1. The monoisotopic (exact) mass is 135 g/mol. The van der Waals surface area contributed by atoms with Gasteiger partial charge < -0.3 is 4.99 Å². The third-order valence-corrected chi connectivity index (χ3v) is 1.49. The van der Waals surface area contributed by atoms with Crippen LogP contribution in [0.2, 0.25) is 0 Å². The number of rotatable bonds is 3. The van der Waals surface area contributed by atoms with Gasteiger partial charge >= 0.3 is 0 Å². The number of hydrogen-bond acceptors (Lipinski definition) is 3. The summed E-state index contributed by atoms with van der Waals surface area (Å²) in [5, 5.41) is 0. The molecule has 0 aromatic rings. The van der Waals surface area contributed by atoms with Crippen LogP contribution in [0.25, 0.3) is 0 Å². The van der Waals surface area contributed by atoms with E-state index in [-0.39, 0.29) is 0 Å². The van der Waals surface area contributed by atoms with E-state index in [9.17, 15) is 0 Å². The van der Waals surface area contributed by atoms with Crippen molar-refractivity contribution in [3.05, 3.63) is 0 Å². The largest absolute Gasteiger partial charge is 0.301 e. The summed E-state index contributed by atoms with van der Waals surface area (Å²) in [4.78, 5) is 3.80. The fourth-order valence-corrected chi connectivity index (χ4v) is 0.762. The first-order chi connectivity index (χ1) is 3.41. The van der Waals surface area contributed by atoms with Gasteiger partial charge in [-0.15, -0.1) is 11.7 Å². The minimum Gasteiger partial charge on any atom is -0.301 e. The Morgan fingerprint density at radius 3 is 3.00 bits per heavy atom. The molecular formula is C4H9NS2. The first-order valence-corrected chi connectivity index (χ1v) is 4.12.